The Morgan fingerprint density at radius 3 is 2.11 bits per heavy atom. The minimum absolute atomic E-state index is 0.00351. The minimum Gasteiger partial charge on any atom is -0.466 e. The molecule has 0 saturated carbocycles. The Labute approximate surface area is 224 Å². The van der Waals surface area contributed by atoms with Gasteiger partial charge in [0.2, 0.25) is 17.7 Å². The predicted molar refractivity (Wildman–Crippen MR) is 142 cm³/mol. The number of hydrogen-bond donors (Lipinski definition) is 3. The van der Waals surface area contributed by atoms with Gasteiger partial charge in [0.25, 0.3) is 0 Å². The van der Waals surface area contributed by atoms with Crippen LogP contribution >= 0.6 is 0 Å². The van der Waals surface area contributed by atoms with E-state index in [0.29, 0.717) is 12.0 Å². The molecule has 0 bridgehead atoms. The van der Waals surface area contributed by atoms with Crippen molar-refractivity contribution in [2.45, 2.75) is 91.0 Å². The molecule has 1 aromatic rings. The lowest BCUT2D eigenvalue weighted by atomic mass is 9.91. The number of amides is 4. The molecule has 11 heteroatoms. The van der Waals surface area contributed by atoms with Crippen LogP contribution in [0.25, 0.3) is 0 Å². The third-order valence-corrected chi connectivity index (χ3v) is 5.70. The largest absolute Gasteiger partial charge is 0.466 e. The van der Waals surface area contributed by atoms with E-state index in [2.05, 4.69) is 10.6 Å². The van der Waals surface area contributed by atoms with E-state index in [4.69, 9.17) is 15.2 Å². The number of carbonyl (C=O) groups is 5. The van der Waals surface area contributed by atoms with E-state index in [9.17, 15) is 24.0 Å². The van der Waals surface area contributed by atoms with Gasteiger partial charge in [-0.15, -0.1) is 0 Å². The quantitative estimate of drug-likeness (QED) is 0.328. The number of primary amides is 1. The lowest BCUT2D eigenvalue weighted by molar-refractivity contribution is -0.150. The minimum atomic E-state index is -1.38. The first-order valence-corrected chi connectivity index (χ1v) is 12.7. The second kappa shape index (κ2) is 14.3. The Kier molecular flexibility index (Phi) is 12.2. The van der Waals surface area contributed by atoms with Crippen LogP contribution in [0, 0.1) is 0 Å². The smallest absolute Gasteiger partial charge is 0.408 e. The summed E-state index contributed by atoms with van der Waals surface area (Å²) >= 11 is 0. The molecule has 0 fully saturated rings. The molecular formula is C27H42N4O7. The van der Waals surface area contributed by atoms with Crippen molar-refractivity contribution in [1.29, 1.82) is 0 Å². The van der Waals surface area contributed by atoms with Crippen molar-refractivity contribution < 1.29 is 33.4 Å². The Bertz CT molecular complexity index is 973. The number of nitrogens with zero attached hydrogens (tertiary/aromatic N) is 1. The van der Waals surface area contributed by atoms with E-state index in [1.54, 1.807) is 71.9 Å². The molecule has 0 saturated heterocycles. The van der Waals surface area contributed by atoms with Crippen molar-refractivity contribution in [2.24, 2.45) is 5.73 Å². The molecule has 4 amide bonds. The molecule has 4 N–H and O–H groups in total. The molecule has 0 aliphatic heterocycles. The highest BCUT2D eigenvalue weighted by Crippen LogP contribution is 2.32. The topological polar surface area (TPSA) is 157 Å². The van der Waals surface area contributed by atoms with E-state index in [1.807, 2.05) is 6.92 Å². The Morgan fingerprint density at radius 2 is 1.61 bits per heavy atom. The number of benzene rings is 1. The average molecular weight is 535 g/mol. The molecule has 1 aromatic carbocycles. The maximum Gasteiger partial charge on any atom is 0.408 e. The van der Waals surface area contributed by atoms with Crippen LogP contribution in [0.15, 0.2) is 30.3 Å². The number of nitrogens with one attached hydrogen (secondary N) is 2. The molecule has 11 nitrogen and oxygen atoms in total. The standard InChI is InChI=1S/C27H42N4O7/c1-8-27(6,7)31(24(35)19(17-20(28)32)30-25(36)38-26(3,4)5)22(18-13-11-10-12-14-18)23(34)29-16-15-21(33)37-9-2/h10-14,19,22H,8-9,15-17H2,1-7H3,(H2,28,32)(H,29,34)(H,30,36). The molecule has 0 aromatic heterocycles. The molecule has 0 aliphatic rings. The molecule has 2 atom stereocenters. The summed E-state index contributed by atoms with van der Waals surface area (Å²) in [5.41, 5.74) is 4.17. The SMILES string of the molecule is CCOC(=O)CCNC(=O)C(c1ccccc1)N(C(=O)C(CC(N)=O)NC(=O)OC(C)(C)C)C(C)(C)CC. The Morgan fingerprint density at radius 1 is 1.00 bits per heavy atom. The fraction of sp³-hybridized carbons (Fsp3) is 0.593. The van der Waals surface area contributed by atoms with E-state index in [1.165, 1.54) is 4.90 Å². The number of ether oxygens (including phenoxy) is 2. The summed E-state index contributed by atoms with van der Waals surface area (Å²) in [4.78, 5) is 65.2. The number of esters is 1. The molecule has 212 valence electrons. The summed E-state index contributed by atoms with van der Waals surface area (Å²) in [5.74, 6) is -2.50. The maximum absolute atomic E-state index is 14.1. The van der Waals surface area contributed by atoms with Gasteiger partial charge >= 0.3 is 12.1 Å². The molecule has 38 heavy (non-hydrogen) atoms. The van der Waals surface area contributed by atoms with Crippen LogP contribution < -0.4 is 16.4 Å². The number of nitrogens with two attached hydrogens (primary N) is 1. The van der Waals surface area contributed by atoms with Gasteiger partial charge in [-0.1, -0.05) is 37.3 Å². The third-order valence-electron chi connectivity index (χ3n) is 5.70. The van der Waals surface area contributed by atoms with Crippen LogP contribution in [0.4, 0.5) is 4.79 Å². The highest BCUT2D eigenvalue weighted by atomic mass is 16.6. The maximum atomic E-state index is 14.1. The van der Waals surface area contributed by atoms with Gasteiger partial charge in [0, 0.05) is 12.1 Å². The van der Waals surface area contributed by atoms with Crippen LogP contribution in [0.2, 0.25) is 0 Å². The summed E-state index contributed by atoms with van der Waals surface area (Å²) in [5, 5.41) is 5.17. The third kappa shape index (κ3) is 10.4. The highest BCUT2D eigenvalue weighted by Gasteiger charge is 2.43. The zero-order valence-corrected chi connectivity index (χ0v) is 23.5. The first-order chi connectivity index (χ1) is 17.6. The molecule has 0 aliphatic carbocycles. The first kappa shape index (κ1) is 32.4. The van der Waals surface area contributed by atoms with Crippen molar-refractivity contribution in [3.8, 4) is 0 Å². The van der Waals surface area contributed by atoms with Crippen molar-refractivity contribution in [1.82, 2.24) is 15.5 Å². The highest BCUT2D eigenvalue weighted by molar-refractivity contribution is 5.95. The molecular weight excluding hydrogens is 492 g/mol. The van der Waals surface area contributed by atoms with Crippen LogP contribution in [0.1, 0.15) is 79.3 Å². The van der Waals surface area contributed by atoms with Gasteiger partial charge in [-0.25, -0.2) is 4.79 Å². The van der Waals surface area contributed by atoms with E-state index in [-0.39, 0.29) is 19.6 Å². The van der Waals surface area contributed by atoms with Crippen molar-refractivity contribution in [3.05, 3.63) is 35.9 Å². The lowest BCUT2D eigenvalue weighted by Crippen LogP contribution is -2.60. The predicted octanol–water partition coefficient (Wildman–Crippen LogP) is 2.58. The molecule has 0 heterocycles. The zero-order valence-electron chi connectivity index (χ0n) is 23.5. The van der Waals surface area contributed by atoms with Gasteiger partial charge in [-0.2, -0.15) is 0 Å². The van der Waals surface area contributed by atoms with Crippen molar-refractivity contribution >= 4 is 29.8 Å². The first-order valence-electron chi connectivity index (χ1n) is 12.7. The summed E-state index contributed by atoms with van der Waals surface area (Å²) in [7, 11) is 0. The number of alkyl carbamates (subject to hydrolysis) is 1. The van der Waals surface area contributed by atoms with Gasteiger partial charge in [0.15, 0.2) is 0 Å². The normalized spacial score (nSPS) is 13.0. The van der Waals surface area contributed by atoms with Crippen molar-refractivity contribution in [3.63, 3.8) is 0 Å². The van der Waals surface area contributed by atoms with Gasteiger partial charge in [-0.05, 0) is 53.5 Å². The Hall–Kier alpha value is -3.63. The zero-order chi connectivity index (χ0) is 29.1. The average Bonchev–Trinajstić information content (AvgIpc) is 2.80. The lowest BCUT2D eigenvalue weighted by Gasteiger charge is -2.44. The Balaban J connectivity index is 3.49. The van der Waals surface area contributed by atoms with E-state index >= 15 is 0 Å². The van der Waals surface area contributed by atoms with Gasteiger partial charge in [0.05, 0.1) is 19.4 Å². The summed E-state index contributed by atoms with van der Waals surface area (Å²) in [6.45, 7) is 12.3. The second-order valence-corrected chi connectivity index (χ2v) is 10.4. The van der Waals surface area contributed by atoms with Crippen LogP contribution in [-0.2, 0) is 28.7 Å². The molecule has 0 radical (unpaired) electrons. The molecule has 1 rings (SSSR count). The summed E-state index contributed by atoms with van der Waals surface area (Å²) < 4.78 is 10.2. The summed E-state index contributed by atoms with van der Waals surface area (Å²) in [6, 6.07) is 6.11. The fourth-order valence-corrected chi connectivity index (χ4v) is 3.63. The monoisotopic (exact) mass is 534 g/mol. The van der Waals surface area contributed by atoms with E-state index in [0.717, 1.165) is 0 Å². The number of hydrogen-bond acceptors (Lipinski definition) is 7. The van der Waals surface area contributed by atoms with Gasteiger partial charge in [-0.3, -0.25) is 19.2 Å². The van der Waals surface area contributed by atoms with Crippen LogP contribution in [-0.4, -0.2) is 65.0 Å². The number of carbonyl (C=O) groups excluding carboxylic acids is 5. The fourth-order valence-electron chi connectivity index (χ4n) is 3.63. The van der Waals surface area contributed by atoms with Crippen LogP contribution in [0.5, 0.6) is 0 Å². The molecule has 0 spiro atoms. The van der Waals surface area contributed by atoms with Gasteiger partial charge < -0.3 is 30.7 Å². The second-order valence-electron chi connectivity index (χ2n) is 10.4. The van der Waals surface area contributed by atoms with Gasteiger partial charge in [0.1, 0.15) is 17.7 Å². The number of rotatable bonds is 13. The summed E-state index contributed by atoms with van der Waals surface area (Å²) in [6.07, 6.45) is -1.01. The molecule has 2 unspecified atom stereocenters. The van der Waals surface area contributed by atoms with E-state index < -0.39 is 59.4 Å². The van der Waals surface area contributed by atoms with Crippen molar-refractivity contribution in [2.75, 3.05) is 13.2 Å². The van der Waals surface area contributed by atoms with Crippen LogP contribution in [0.3, 0.4) is 0 Å².